The largest absolute Gasteiger partial charge is 0.304 e. The van der Waals surface area contributed by atoms with Gasteiger partial charge in [-0.3, -0.25) is 4.90 Å². The van der Waals surface area contributed by atoms with Gasteiger partial charge in [-0.15, -0.1) is 0 Å². The molecule has 0 aliphatic carbocycles. The molecular weight excluding hydrogens is 299 g/mol. The molecule has 1 aromatic rings. The monoisotopic (exact) mass is 316 g/mol. The van der Waals surface area contributed by atoms with Gasteiger partial charge in [-0.1, -0.05) is 52.9 Å². The first-order valence-corrected chi connectivity index (χ1v) is 6.63. The molecule has 0 bridgehead atoms. The van der Waals surface area contributed by atoms with E-state index in [9.17, 15) is 0 Å². The molecule has 0 N–H and O–H groups in total. The number of nitrogens with zero attached hydrogens (tertiary/aromatic N) is 2. The van der Waals surface area contributed by atoms with Gasteiger partial charge >= 0.3 is 0 Å². The standard InChI is InChI=1S/C12H17IN2/c1-14-7-9-15(10-8-14)12(13)11-5-3-2-4-6-11/h2-6,12H,7-10H2,1H3. The minimum absolute atomic E-state index is 0.525. The van der Waals surface area contributed by atoms with E-state index in [1.54, 1.807) is 0 Å². The van der Waals surface area contributed by atoms with E-state index >= 15 is 0 Å². The lowest BCUT2D eigenvalue weighted by Gasteiger charge is -2.35. The fraction of sp³-hybridized carbons (Fsp3) is 0.500. The number of likely N-dealkylation sites (N-methyl/N-ethyl adjacent to an activating group) is 1. The van der Waals surface area contributed by atoms with E-state index in [2.05, 4.69) is 69.8 Å². The van der Waals surface area contributed by atoms with Crippen LogP contribution in [0, 0.1) is 0 Å². The van der Waals surface area contributed by atoms with Crippen molar-refractivity contribution in [1.82, 2.24) is 9.80 Å². The molecule has 0 saturated carbocycles. The molecule has 82 valence electrons. The van der Waals surface area contributed by atoms with Gasteiger partial charge in [0, 0.05) is 26.2 Å². The van der Waals surface area contributed by atoms with E-state index < -0.39 is 0 Å². The molecule has 1 fully saturated rings. The fourth-order valence-electron chi connectivity index (χ4n) is 1.87. The third kappa shape index (κ3) is 2.92. The molecule has 1 aliphatic rings. The summed E-state index contributed by atoms with van der Waals surface area (Å²) in [7, 11) is 2.20. The lowest BCUT2D eigenvalue weighted by molar-refractivity contribution is 0.150. The summed E-state index contributed by atoms with van der Waals surface area (Å²) in [5.41, 5.74) is 1.42. The van der Waals surface area contributed by atoms with Crippen LogP contribution in [0.1, 0.15) is 9.61 Å². The van der Waals surface area contributed by atoms with Gasteiger partial charge in [-0.05, 0) is 12.6 Å². The maximum absolute atomic E-state index is 2.55. The molecule has 1 aromatic carbocycles. The summed E-state index contributed by atoms with van der Waals surface area (Å²) in [4.78, 5) is 4.95. The van der Waals surface area contributed by atoms with Crippen molar-refractivity contribution in [3.8, 4) is 0 Å². The second-order valence-corrected chi connectivity index (χ2v) is 5.27. The topological polar surface area (TPSA) is 6.48 Å². The Kier molecular flexibility index (Phi) is 3.99. The third-order valence-electron chi connectivity index (χ3n) is 2.93. The normalized spacial score (nSPS) is 21.5. The molecule has 1 aliphatic heterocycles. The van der Waals surface area contributed by atoms with Gasteiger partial charge < -0.3 is 4.90 Å². The van der Waals surface area contributed by atoms with Crippen LogP contribution in [0.15, 0.2) is 30.3 Å². The predicted molar refractivity (Wildman–Crippen MR) is 72.3 cm³/mol. The highest BCUT2D eigenvalue weighted by molar-refractivity contribution is 14.1. The first-order valence-electron chi connectivity index (χ1n) is 5.39. The number of piperazine rings is 1. The second-order valence-electron chi connectivity index (χ2n) is 4.09. The Labute approximate surface area is 105 Å². The maximum Gasteiger partial charge on any atom is 0.0875 e. The van der Waals surface area contributed by atoms with Crippen LogP contribution in [0.3, 0.4) is 0 Å². The summed E-state index contributed by atoms with van der Waals surface area (Å²) in [6.07, 6.45) is 0. The van der Waals surface area contributed by atoms with Crippen molar-refractivity contribution in [3.05, 3.63) is 35.9 Å². The van der Waals surface area contributed by atoms with E-state index in [1.807, 2.05) is 0 Å². The first kappa shape index (κ1) is 11.4. The highest BCUT2D eigenvalue weighted by Crippen LogP contribution is 2.27. The first-order chi connectivity index (χ1) is 7.27. The zero-order valence-electron chi connectivity index (χ0n) is 9.06. The van der Waals surface area contributed by atoms with Crippen molar-refractivity contribution in [1.29, 1.82) is 0 Å². The number of benzene rings is 1. The number of alkyl halides is 1. The molecule has 2 nitrogen and oxygen atoms in total. The average Bonchev–Trinajstić information content (AvgIpc) is 2.30. The maximum atomic E-state index is 2.55. The highest BCUT2D eigenvalue weighted by Gasteiger charge is 2.20. The zero-order valence-corrected chi connectivity index (χ0v) is 11.2. The Bertz CT molecular complexity index is 294. The van der Waals surface area contributed by atoms with Crippen molar-refractivity contribution in [2.24, 2.45) is 0 Å². The lowest BCUT2D eigenvalue weighted by Crippen LogP contribution is -2.44. The zero-order chi connectivity index (χ0) is 10.7. The lowest BCUT2D eigenvalue weighted by atomic mass is 10.2. The Balaban J connectivity index is 1.99. The van der Waals surface area contributed by atoms with Crippen LogP contribution in [0.4, 0.5) is 0 Å². The summed E-state index contributed by atoms with van der Waals surface area (Å²) in [6, 6.07) is 10.8. The van der Waals surface area contributed by atoms with Crippen LogP contribution in [0.2, 0.25) is 0 Å². The average molecular weight is 316 g/mol. The van der Waals surface area contributed by atoms with Gasteiger partial charge in [0.2, 0.25) is 0 Å². The van der Waals surface area contributed by atoms with E-state index in [0.29, 0.717) is 4.05 Å². The summed E-state index contributed by atoms with van der Waals surface area (Å²) in [6.45, 7) is 4.73. The Hall–Kier alpha value is -0.130. The molecule has 1 unspecified atom stereocenters. The van der Waals surface area contributed by atoms with Crippen molar-refractivity contribution in [2.45, 2.75) is 4.05 Å². The van der Waals surface area contributed by atoms with E-state index in [-0.39, 0.29) is 0 Å². The minimum atomic E-state index is 0.525. The van der Waals surface area contributed by atoms with Gasteiger partial charge in [0.05, 0.1) is 4.05 Å². The predicted octanol–water partition coefficient (Wildman–Crippen LogP) is 2.37. The van der Waals surface area contributed by atoms with Crippen LogP contribution >= 0.6 is 22.6 Å². The summed E-state index contributed by atoms with van der Waals surface area (Å²) in [5.74, 6) is 0. The van der Waals surface area contributed by atoms with Crippen molar-refractivity contribution >= 4 is 22.6 Å². The number of hydrogen-bond donors (Lipinski definition) is 0. The van der Waals surface area contributed by atoms with E-state index in [1.165, 1.54) is 31.7 Å². The summed E-state index contributed by atoms with van der Waals surface area (Å²) >= 11 is 2.54. The quantitative estimate of drug-likeness (QED) is 0.470. The number of hydrogen-bond acceptors (Lipinski definition) is 2. The molecule has 1 heterocycles. The third-order valence-corrected chi connectivity index (χ3v) is 4.44. The molecule has 0 spiro atoms. The Morgan fingerprint density at radius 1 is 1.07 bits per heavy atom. The van der Waals surface area contributed by atoms with Crippen molar-refractivity contribution < 1.29 is 0 Å². The van der Waals surface area contributed by atoms with E-state index in [4.69, 9.17) is 0 Å². The molecule has 0 aromatic heterocycles. The van der Waals surface area contributed by atoms with Crippen LogP contribution in [-0.4, -0.2) is 43.0 Å². The summed E-state index contributed by atoms with van der Waals surface area (Å²) in [5, 5.41) is 0. The Morgan fingerprint density at radius 2 is 1.67 bits per heavy atom. The van der Waals surface area contributed by atoms with Crippen molar-refractivity contribution in [3.63, 3.8) is 0 Å². The molecule has 2 rings (SSSR count). The summed E-state index contributed by atoms with van der Waals surface area (Å²) < 4.78 is 0.525. The molecule has 0 radical (unpaired) electrons. The van der Waals surface area contributed by atoms with Gasteiger partial charge in [0.15, 0.2) is 0 Å². The molecule has 0 amide bonds. The van der Waals surface area contributed by atoms with Crippen LogP contribution in [0.25, 0.3) is 0 Å². The highest BCUT2D eigenvalue weighted by atomic mass is 127. The van der Waals surface area contributed by atoms with Crippen LogP contribution in [-0.2, 0) is 0 Å². The Morgan fingerprint density at radius 3 is 2.27 bits per heavy atom. The second kappa shape index (κ2) is 5.27. The van der Waals surface area contributed by atoms with Crippen LogP contribution < -0.4 is 0 Å². The van der Waals surface area contributed by atoms with Gasteiger partial charge in [0.25, 0.3) is 0 Å². The SMILES string of the molecule is CN1CCN(C(I)c2ccccc2)CC1. The van der Waals surface area contributed by atoms with E-state index in [0.717, 1.165) is 0 Å². The number of rotatable bonds is 2. The van der Waals surface area contributed by atoms with Gasteiger partial charge in [-0.25, -0.2) is 0 Å². The molecule has 1 saturated heterocycles. The molecule has 3 heteroatoms. The van der Waals surface area contributed by atoms with Gasteiger partial charge in [0.1, 0.15) is 0 Å². The fourth-order valence-corrected chi connectivity index (χ4v) is 2.84. The van der Waals surface area contributed by atoms with Crippen molar-refractivity contribution in [2.75, 3.05) is 33.2 Å². The van der Waals surface area contributed by atoms with Crippen LogP contribution in [0.5, 0.6) is 0 Å². The molecule has 1 atom stereocenters. The molecule has 15 heavy (non-hydrogen) atoms. The number of halogens is 1. The molecular formula is C12H17IN2. The minimum Gasteiger partial charge on any atom is -0.304 e. The van der Waals surface area contributed by atoms with Gasteiger partial charge in [-0.2, -0.15) is 0 Å². The smallest absolute Gasteiger partial charge is 0.0875 e.